The van der Waals surface area contributed by atoms with Crippen molar-refractivity contribution < 1.29 is 18.7 Å². The Morgan fingerprint density at radius 1 is 1.12 bits per heavy atom. The molecule has 43 heavy (non-hydrogen) atoms. The van der Waals surface area contributed by atoms with Gasteiger partial charge in [-0.2, -0.15) is 0 Å². The summed E-state index contributed by atoms with van der Waals surface area (Å²) in [6.07, 6.45) is 4.99. The van der Waals surface area contributed by atoms with E-state index in [-0.39, 0.29) is 17.7 Å². The molecule has 0 amide bonds. The van der Waals surface area contributed by atoms with Crippen molar-refractivity contribution >= 4 is 56.8 Å². The van der Waals surface area contributed by atoms with Gasteiger partial charge in [0.05, 0.1) is 29.5 Å². The smallest absolute Gasteiger partial charge is 0.338 e. The van der Waals surface area contributed by atoms with Crippen LogP contribution in [0.5, 0.6) is 5.75 Å². The Balaban J connectivity index is 1.56. The summed E-state index contributed by atoms with van der Waals surface area (Å²) in [5, 5.41) is 1.13. The molecule has 0 radical (unpaired) electrons. The van der Waals surface area contributed by atoms with Crippen LogP contribution in [-0.2, 0) is 9.53 Å². The molecule has 0 saturated carbocycles. The highest BCUT2D eigenvalue weighted by Crippen LogP contribution is 2.39. The molecule has 0 unspecified atom stereocenters. The summed E-state index contributed by atoms with van der Waals surface area (Å²) in [6.45, 7) is 1.90. The molecule has 0 aliphatic carbocycles. The summed E-state index contributed by atoms with van der Waals surface area (Å²) in [6, 6.07) is 19.3. The van der Waals surface area contributed by atoms with Crippen molar-refractivity contribution in [2.75, 3.05) is 13.7 Å². The third kappa shape index (κ3) is 5.85. The molecule has 1 aliphatic heterocycles. The molecule has 1 atom stereocenters. The summed E-state index contributed by atoms with van der Waals surface area (Å²) in [4.78, 5) is 41.5. The zero-order valence-electron chi connectivity index (χ0n) is 22.9. The van der Waals surface area contributed by atoms with Crippen LogP contribution in [0.15, 0.2) is 114 Å². The van der Waals surface area contributed by atoms with Crippen LogP contribution in [-0.4, -0.2) is 34.2 Å². The number of fused-ring (bicyclic) bond motifs is 1. The highest BCUT2D eigenvalue weighted by molar-refractivity contribution is 9.10. The average Bonchev–Trinajstić information content (AvgIpc) is 3.60. The van der Waals surface area contributed by atoms with Crippen LogP contribution in [0.3, 0.4) is 0 Å². The van der Waals surface area contributed by atoms with Crippen molar-refractivity contribution in [1.29, 1.82) is 0 Å². The van der Waals surface area contributed by atoms with E-state index in [0.717, 1.165) is 10.0 Å². The van der Waals surface area contributed by atoms with Gasteiger partial charge in [-0.05, 0) is 55.1 Å². The van der Waals surface area contributed by atoms with E-state index in [4.69, 9.17) is 18.9 Å². The quantitative estimate of drug-likeness (QED) is 0.162. The van der Waals surface area contributed by atoms with Gasteiger partial charge in [0, 0.05) is 34.1 Å². The molecule has 9 nitrogen and oxygen atoms in total. The highest BCUT2D eigenvalue weighted by Gasteiger charge is 2.36. The fourth-order valence-corrected chi connectivity index (χ4v) is 6.72. The molecule has 0 bridgehead atoms. The van der Waals surface area contributed by atoms with E-state index in [0.29, 0.717) is 42.4 Å². The molecule has 12 heteroatoms. The Morgan fingerprint density at radius 2 is 1.91 bits per heavy atom. The fraction of sp³-hybridized carbons (Fsp3) is 0.129. The molecule has 0 fully saturated rings. The van der Waals surface area contributed by atoms with Crippen LogP contribution >= 0.6 is 39.0 Å². The number of thiazole rings is 1. The Hall–Kier alpha value is -4.26. The minimum atomic E-state index is -0.877. The van der Waals surface area contributed by atoms with Crippen LogP contribution in [0, 0.1) is 0 Å². The Labute approximate surface area is 262 Å². The number of nitrogens with zero attached hydrogens (tertiary/aromatic N) is 4. The second-order valence-corrected chi connectivity index (χ2v) is 12.0. The van der Waals surface area contributed by atoms with Gasteiger partial charge in [0.1, 0.15) is 17.6 Å². The number of carbonyl (C=O) groups excluding carboxylic acids is 1. The lowest BCUT2D eigenvalue weighted by molar-refractivity contribution is -0.138. The molecule has 0 N–H and O–H groups in total. The van der Waals surface area contributed by atoms with Gasteiger partial charge in [0.25, 0.3) is 5.56 Å². The van der Waals surface area contributed by atoms with Crippen LogP contribution in [0.4, 0.5) is 0 Å². The number of ether oxygens (including phenoxy) is 2. The lowest BCUT2D eigenvalue weighted by Crippen LogP contribution is -2.40. The molecular formula is C31H23BrN4O5S2. The van der Waals surface area contributed by atoms with E-state index in [1.54, 1.807) is 56.8 Å². The van der Waals surface area contributed by atoms with E-state index in [9.17, 15) is 9.59 Å². The van der Waals surface area contributed by atoms with E-state index in [2.05, 4.69) is 25.9 Å². The largest absolute Gasteiger partial charge is 0.496 e. The van der Waals surface area contributed by atoms with Gasteiger partial charge < -0.3 is 13.9 Å². The number of hydrogen-bond donors (Lipinski definition) is 0. The number of halogens is 1. The molecule has 216 valence electrons. The first-order valence-corrected chi connectivity index (χ1v) is 15.6. The van der Waals surface area contributed by atoms with Crippen molar-refractivity contribution in [1.82, 2.24) is 14.5 Å². The van der Waals surface area contributed by atoms with Gasteiger partial charge >= 0.3 is 5.97 Å². The summed E-state index contributed by atoms with van der Waals surface area (Å²) in [7, 11) is 1.55. The maximum atomic E-state index is 14.1. The van der Waals surface area contributed by atoms with E-state index < -0.39 is 12.0 Å². The summed E-state index contributed by atoms with van der Waals surface area (Å²) >= 11 is 6.03. The van der Waals surface area contributed by atoms with Gasteiger partial charge in [0.2, 0.25) is 0 Å². The van der Waals surface area contributed by atoms with E-state index >= 15 is 0 Å². The number of benzene rings is 2. The van der Waals surface area contributed by atoms with Crippen LogP contribution in [0.25, 0.3) is 11.8 Å². The number of hydrogen-bond acceptors (Lipinski definition) is 10. The van der Waals surface area contributed by atoms with Gasteiger partial charge in [-0.15, -0.1) is 0 Å². The first-order valence-electron chi connectivity index (χ1n) is 13.1. The first kappa shape index (κ1) is 28.8. The minimum absolute atomic E-state index is 0.157. The lowest BCUT2D eigenvalue weighted by atomic mass is 9.92. The summed E-state index contributed by atoms with van der Waals surface area (Å²) in [5.74, 6) is 0.421. The van der Waals surface area contributed by atoms with Crippen molar-refractivity contribution in [2.24, 2.45) is 4.99 Å². The number of methoxy groups -OCH3 is 1. The molecule has 1 aliphatic rings. The monoisotopic (exact) mass is 674 g/mol. The Morgan fingerprint density at radius 3 is 2.65 bits per heavy atom. The molecule has 5 aromatic rings. The van der Waals surface area contributed by atoms with Gasteiger partial charge in [-0.1, -0.05) is 57.6 Å². The molecule has 3 aromatic heterocycles. The van der Waals surface area contributed by atoms with Crippen molar-refractivity contribution in [3.8, 4) is 5.75 Å². The minimum Gasteiger partial charge on any atom is -0.496 e. The normalized spacial score (nSPS) is 14.8. The maximum absolute atomic E-state index is 14.1. The third-order valence-electron chi connectivity index (χ3n) is 6.47. The van der Waals surface area contributed by atoms with Crippen molar-refractivity contribution in [2.45, 2.75) is 23.2 Å². The number of rotatable bonds is 8. The maximum Gasteiger partial charge on any atom is 0.338 e. The topological polar surface area (TPSA) is 109 Å². The zero-order chi connectivity index (χ0) is 29.9. The second-order valence-electron chi connectivity index (χ2n) is 9.11. The number of esters is 1. The van der Waals surface area contributed by atoms with Crippen molar-refractivity contribution in [3.63, 3.8) is 0 Å². The highest BCUT2D eigenvalue weighted by atomic mass is 79.9. The molecule has 0 spiro atoms. The van der Waals surface area contributed by atoms with Crippen LogP contribution in [0.1, 0.15) is 29.9 Å². The number of carbonyl (C=O) groups is 1. The van der Waals surface area contributed by atoms with Crippen LogP contribution in [0.2, 0.25) is 0 Å². The molecule has 6 rings (SSSR count). The van der Waals surface area contributed by atoms with Crippen molar-refractivity contribution in [3.05, 3.63) is 126 Å². The molecule has 2 aromatic carbocycles. The van der Waals surface area contributed by atoms with E-state index in [1.165, 1.54) is 27.7 Å². The summed E-state index contributed by atoms with van der Waals surface area (Å²) < 4.78 is 19.9. The standard InChI is InChI=1S/C31H23BrN4O5S2/c1-3-40-29(38)25-26(18-8-5-4-6-9-18)35-31-36(27(25)21-16-19(32)10-12-22(21)39-2)28(37)23(42-31)17-20-11-13-24(41-20)43-30-33-14-7-15-34-30/h4-17,27H,3H2,1-2H3/b23-17-/t27-/m0/s1. The average molecular weight is 676 g/mol. The Kier molecular flexibility index (Phi) is 8.41. The summed E-state index contributed by atoms with van der Waals surface area (Å²) in [5.41, 5.74) is 1.66. The fourth-order valence-electron chi connectivity index (χ4n) is 4.68. The van der Waals surface area contributed by atoms with E-state index in [1.807, 2.05) is 42.5 Å². The number of aromatic nitrogens is 3. The lowest BCUT2D eigenvalue weighted by Gasteiger charge is -2.27. The molecular weight excluding hydrogens is 652 g/mol. The number of furan rings is 1. The first-order chi connectivity index (χ1) is 21.0. The predicted octanol–water partition coefficient (Wildman–Crippen LogP) is 5.24. The van der Waals surface area contributed by atoms with Gasteiger partial charge in [-0.25, -0.2) is 19.8 Å². The van der Waals surface area contributed by atoms with Gasteiger partial charge in [-0.3, -0.25) is 9.36 Å². The Bertz CT molecular complexity index is 2020. The molecule has 0 saturated heterocycles. The third-order valence-corrected chi connectivity index (χ3v) is 8.76. The predicted molar refractivity (Wildman–Crippen MR) is 167 cm³/mol. The SMILES string of the molecule is CCOC(=O)C1=C(c2ccccc2)N=c2s/c(=C\c3ccc(Sc4ncccn4)o3)c(=O)n2[C@H]1c1cc(Br)ccc1OC. The molecule has 4 heterocycles. The second kappa shape index (κ2) is 12.5. The van der Waals surface area contributed by atoms with Crippen LogP contribution < -0.4 is 19.6 Å². The van der Waals surface area contributed by atoms with Gasteiger partial charge in [0.15, 0.2) is 15.1 Å². The zero-order valence-corrected chi connectivity index (χ0v) is 26.1.